The lowest BCUT2D eigenvalue weighted by Crippen LogP contribution is -2.50. The molecule has 1 aromatic carbocycles. The summed E-state index contributed by atoms with van der Waals surface area (Å²) >= 11 is 0. The van der Waals surface area contributed by atoms with E-state index in [9.17, 15) is 4.79 Å². The van der Waals surface area contributed by atoms with Crippen LogP contribution in [0.15, 0.2) is 42.7 Å². The number of aromatic nitrogens is 2. The van der Waals surface area contributed by atoms with Crippen molar-refractivity contribution in [2.45, 2.75) is 38.5 Å². The Balaban J connectivity index is 0.00000132. The second-order valence-corrected chi connectivity index (χ2v) is 5.54. The van der Waals surface area contributed by atoms with Crippen LogP contribution in [0.3, 0.4) is 0 Å². The molecule has 1 amide bonds. The highest BCUT2D eigenvalue weighted by atomic mass is 35.5. The van der Waals surface area contributed by atoms with E-state index in [-0.39, 0.29) is 42.8 Å². The number of benzene rings is 1. The maximum absolute atomic E-state index is 12.3. The first-order valence-electron chi connectivity index (χ1n) is 7.30. The average Bonchev–Trinajstić information content (AvgIpc) is 2.99. The largest absolute Gasteiger partial charge is 0.350 e. The highest BCUT2D eigenvalue weighted by molar-refractivity contribution is 5.85. The van der Waals surface area contributed by atoms with Crippen molar-refractivity contribution >= 4 is 30.7 Å². The number of nitrogens with zero attached hydrogens (tertiary/aromatic N) is 2. The van der Waals surface area contributed by atoms with Gasteiger partial charge in [-0.2, -0.15) is 5.10 Å². The summed E-state index contributed by atoms with van der Waals surface area (Å²) in [5, 5.41) is 10.5. The normalized spacial score (nSPS) is 17.2. The second kappa shape index (κ2) is 8.91. The van der Waals surface area contributed by atoms with Crippen LogP contribution >= 0.6 is 24.8 Å². The van der Waals surface area contributed by atoms with Gasteiger partial charge in [-0.3, -0.25) is 9.48 Å². The number of nitrogens with one attached hydrogen (secondary N) is 2. The molecule has 0 spiro atoms. The van der Waals surface area contributed by atoms with Crippen LogP contribution < -0.4 is 10.6 Å². The summed E-state index contributed by atoms with van der Waals surface area (Å²) in [5.41, 5.74) is 2.54. The van der Waals surface area contributed by atoms with Gasteiger partial charge in [-0.05, 0) is 30.5 Å². The molecule has 0 saturated heterocycles. The Kier molecular flexibility index (Phi) is 7.55. The molecule has 3 rings (SSSR count). The molecule has 0 fully saturated rings. The standard InChI is InChI=1S/C16H20N4O.2ClH/c1-12(11-20-8-4-7-18-20)19-16(21)15-9-13-5-2-3-6-14(13)10-17-15;;/h2-8,12,15,17H,9-11H2,1H3,(H,19,21);2*1H. The summed E-state index contributed by atoms with van der Waals surface area (Å²) in [7, 11) is 0. The zero-order chi connectivity index (χ0) is 14.7. The van der Waals surface area contributed by atoms with Gasteiger partial charge in [-0.15, -0.1) is 24.8 Å². The number of rotatable bonds is 4. The lowest BCUT2D eigenvalue weighted by molar-refractivity contribution is -0.124. The summed E-state index contributed by atoms with van der Waals surface area (Å²) in [6, 6.07) is 10.1. The third-order valence-corrected chi connectivity index (χ3v) is 3.81. The zero-order valence-electron chi connectivity index (χ0n) is 12.9. The minimum absolute atomic E-state index is 0. The number of carbonyl (C=O) groups excluding carboxylic acids is 1. The highest BCUT2D eigenvalue weighted by Gasteiger charge is 2.24. The second-order valence-electron chi connectivity index (χ2n) is 5.54. The van der Waals surface area contributed by atoms with Crippen LogP contribution in [0.25, 0.3) is 0 Å². The van der Waals surface area contributed by atoms with E-state index in [1.54, 1.807) is 6.20 Å². The Bertz CT molecular complexity index is 618. The lowest BCUT2D eigenvalue weighted by atomic mass is 9.95. The number of fused-ring (bicyclic) bond motifs is 1. The predicted molar refractivity (Wildman–Crippen MR) is 95.1 cm³/mol. The molecule has 1 aliphatic heterocycles. The van der Waals surface area contributed by atoms with Gasteiger partial charge in [0, 0.05) is 25.0 Å². The van der Waals surface area contributed by atoms with Crippen LogP contribution in [0, 0.1) is 0 Å². The van der Waals surface area contributed by atoms with Crippen molar-refractivity contribution in [3.63, 3.8) is 0 Å². The maximum Gasteiger partial charge on any atom is 0.237 e. The van der Waals surface area contributed by atoms with Crippen molar-refractivity contribution in [1.29, 1.82) is 0 Å². The molecule has 0 saturated carbocycles. The van der Waals surface area contributed by atoms with Gasteiger partial charge in [0.1, 0.15) is 0 Å². The zero-order valence-corrected chi connectivity index (χ0v) is 14.6. The van der Waals surface area contributed by atoms with E-state index in [1.165, 1.54) is 11.1 Å². The van der Waals surface area contributed by atoms with Gasteiger partial charge >= 0.3 is 0 Å². The molecule has 0 bridgehead atoms. The van der Waals surface area contributed by atoms with Crippen LogP contribution in [0.4, 0.5) is 0 Å². The molecule has 2 heterocycles. The first kappa shape index (κ1) is 19.5. The molecule has 0 aliphatic carbocycles. The molecule has 23 heavy (non-hydrogen) atoms. The summed E-state index contributed by atoms with van der Waals surface area (Å²) in [6.07, 6.45) is 4.39. The monoisotopic (exact) mass is 356 g/mol. The van der Waals surface area contributed by atoms with Gasteiger partial charge < -0.3 is 10.6 Å². The number of hydrogen-bond acceptors (Lipinski definition) is 3. The van der Waals surface area contributed by atoms with E-state index in [1.807, 2.05) is 36.0 Å². The third-order valence-electron chi connectivity index (χ3n) is 3.81. The summed E-state index contributed by atoms with van der Waals surface area (Å²) in [6.45, 7) is 3.43. The Morgan fingerprint density at radius 1 is 1.35 bits per heavy atom. The Hall–Kier alpha value is -1.56. The fourth-order valence-corrected chi connectivity index (χ4v) is 2.72. The molecule has 1 aliphatic rings. The van der Waals surface area contributed by atoms with Crippen molar-refractivity contribution in [2.24, 2.45) is 0 Å². The molecule has 5 nitrogen and oxygen atoms in total. The van der Waals surface area contributed by atoms with Crippen molar-refractivity contribution in [3.8, 4) is 0 Å². The van der Waals surface area contributed by atoms with Gasteiger partial charge in [-0.25, -0.2) is 0 Å². The summed E-state index contributed by atoms with van der Waals surface area (Å²) in [4.78, 5) is 12.3. The SMILES string of the molecule is CC(Cn1cccn1)NC(=O)C1Cc2ccccc2CN1.Cl.Cl. The summed E-state index contributed by atoms with van der Waals surface area (Å²) < 4.78 is 1.83. The average molecular weight is 357 g/mol. The molecule has 2 aromatic rings. The fourth-order valence-electron chi connectivity index (χ4n) is 2.72. The third kappa shape index (κ3) is 4.96. The Morgan fingerprint density at radius 2 is 2.09 bits per heavy atom. The highest BCUT2D eigenvalue weighted by Crippen LogP contribution is 2.16. The molecule has 2 unspecified atom stereocenters. The van der Waals surface area contributed by atoms with Crippen LogP contribution in [0.5, 0.6) is 0 Å². The van der Waals surface area contributed by atoms with Gasteiger partial charge in [0.25, 0.3) is 0 Å². The van der Waals surface area contributed by atoms with Crippen molar-refractivity contribution in [1.82, 2.24) is 20.4 Å². The lowest BCUT2D eigenvalue weighted by Gasteiger charge is -2.26. The molecule has 1 aromatic heterocycles. The van der Waals surface area contributed by atoms with Gasteiger partial charge in [0.15, 0.2) is 0 Å². The van der Waals surface area contributed by atoms with E-state index in [0.717, 1.165) is 13.0 Å². The Labute approximate surface area is 148 Å². The number of hydrogen-bond donors (Lipinski definition) is 2. The minimum Gasteiger partial charge on any atom is -0.350 e. The molecule has 0 radical (unpaired) electrons. The molecular weight excluding hydrogens is 335 g/mol. The van der Waals surface area contributed by atoms with E-state index in [0.29, 0.717) is 6.54 Å². The van der Waals surface area contributed by atoms with Gasteiger partial charge in [-0.1, -0.05) is 24.3 Å². The molecular formula is C16H22Cl2N4O. The molecule has 7 heteroatoms. The first-order chi connectivity index (χ1) is 10.2. The van der Waals surface area contributed by atoms with Crippen molar-refractivity contribution in [2.75, 3.05) is 0 Å². The van der Waals surface area contributed by atoms with Crippen LogP contribution in [0.1, 0.15) is 18.1 Å². The number of carbonyl (C=O) groups is 1. The minimum atomic E-state index is -0.153. The van der Waals surface area contributed by atoms with Crippen LogP contribution in [-0.4, -0.2) is 27.8 Å². The topological polar surface area (TPSA) is 59.0 Å². The number of halogens is 2. The maximum atomic E-state index is 12.3. The number of amides is 1. The summed E-state index contributed by atoms with van der Waals surface area (Å²) in [5.74, 6) is 0.0594. The molecule has 2 N–H and O–H groups in total. The van der Waals surface area contributed by atoms with Gasteiger partial charge in [0.05, 0.1) is 12.6 Å². The quantitative estimate of drug-likeness (QED) is 0.879. The van der Waals surface area contributed by atoms with Gasteiger partial charge in [0.2, 0.25) is 5.91 Å². The van der Waals surface area contributed by atoms with E-state index in [2.05, 4.69) is 27.9 Å². The van der Waals surface area contributed by atoms with Crippen molar-refractivity contribution < 1.29 is 4.79 Å². The fraction of sp³-hybridized carbons (Fsp3) is 0.375. The Morgan fingerprint density at radius 3 is 2.78 bits per heavy atom. The molecule has 126 valence electrons. The smallest absolute Gasteiger partial charge is 0.237 e. The first-order valence-corrected chi connectivity index (χ1v) is 7.30. The van der Waals surface area contributed by atoms with Crippen LogP contribution in [0.2, 0.25) is 0 Å². The molecule has 2 atom stereocenters. The van der Waals surface area contributed by atoms with Crippen LogP contribution in [-0.2, 0) is 24.3 Å². The van der Waals surface area contributed by atoms with E-state index in [4.69, 9.17) is 0 Å². The predicted octanol–water partition coefficient (Wildman–Crippen LogP) is 1.95. The van der Waals surface area contributed by atoms with Crippen molar-refractivity contribution in [3.05, 3.63) is 53.9 Å². The van der Waals surface area contributed by atoms with E-state index < -0.39 is 0 Å². The van der Waals surface area contributed by atoms with E-state index >= 15 is 0 Å².